The van der Waals surface area contributed by atoms with Crippen LogP contribution < -0.4 is 5.32 Å². The maximum atomic E-state index is 4.65. The van der Waals surface area contributed by atoms with Crippen LogP contribution in [0.25, 0.3) is 5.69 Å². The standard InChI is InChI=1S/C25H33N5/c1-22-24(21-30(27-22)25-11-6-3-7-12-25)19-26-13-8-14-28-15-17-29(18-16-28)20-23-9-4-2-5-10-23/h2-7,9-12,21,26H,8,13-20H2,1H3. The number of nitrogens with one attached hydrogen (secondary N) is 1. The van der Waals surface area contributed by atoms with Crippen LogP contribution in [0.2, 0.25) is 0 Å². The quantitative estimate of drug-likeness (QED) is 0.555. The number of nitrogens with zero attached hydrogens (tertiary/aromatic N) is 4. The number of aromatic nitrogens is 2. The zero-order valence-corrected chi connectivity index (χ0v) is 18.0. The molecule has 4 rings (SSSR count). The SMILES string of the molecule is Cc1nn(-c2ccccc2)cc1CNCCCN1CCN(Cc2ccccc2)CC1. The topological polar surface area (TPSA) is 36.3 Å². The lowest BCUT2D eigenvalue weighted by atomic mass is 10.2. The van der Waals surface area contributed by atoms with Gasteiger partial charge in [0.05, 0.1) is 11.4 Å². The third-order valence-electron chi connectivity index (χ3n) is 5.88. The van der Waals surface area contributed by atoms with Crippen LogP contribution in [0.1, 0.15) is 23.2 Å². The van der Waals surface area contributed by atoms with Crippen LogP contribution in [0.15, 0.2) is 66.9 Å². The van der Waals surface area contributed by atoms with E-state index in [0.717, 1.165) is 31.0 Å². The summed E-state index contributed by atoms with van der Waals surface area (Å²) in [6, 6.07) is 21.1. The van der Waals surface area contributed by atoms with Crippen molar-refractivity contribution in [1.82, 2.24) is 24.9 Å². The zero-order valence-electron chi connectivity index (χ0n) is 18.0. The van der Waals surface area contributed by atoms with Gasteiger partial charge < -0.3 is 10.2 Å². The van der Waals surface area contributed by atoms with Crippen LogP contribution in [-0.2, 0) is 13.1 Å². The number of benzene rings is 2. The van der Waals surface area contributed by atoms with E-state index in [9.17, 15) is 0 Å². The molecule has 0 bridgehead atoms. The molecule has 0 saturated carbocycles. The molecule has 1 N–H and O–H groups in total. The van der Waals surface area contributed by atoms with E-state index in [1.54, 1.807) is 0 Å². The highest BCUT2D eigenvalue weighted by Gasteiger charge is 2.16. The fourth-order valence-corrected chi connectivity index (χ4v) is 4.05. The van der Waals surface area contributed by atoms with Gasteiger partial charge in [-0.05, 0) is 44.1 Å². The molecule has 2 aromatic carbocycles. The molecule has 1 aliphatic rings. The second-order valence-electron chi connectivity index (χ2n) is 8.15. The molecule has 1 aromatic heterocycles. The molecule has 0 radical (unpaired) electrons. The molecule has 5 nitrogen and oxygen atoms in total. The second kappa shape index (κ2) is 10.5. The molecular weight excluding hydrogens is 370 g/mol. The summed E-state index contributed by atoms with van der Waals surface area (Å²) in [4.78, 5) is 5.17. The van der Waals surface area contributed by atoms with Crippen molar-refractivity contribution in [1.29, 1.82) is 0 Å². The van der Waals surface area contributed by atoms with Gasteiger partial charge in [0, 0.05) is 51.0 Å². The minimum Gasteiger partial charge on any atom is -0.312 e. The second-order valence-corrected chi connectivity index (χ2v) is 8.15. The van der Waals surface area contributed by atoms with Crippen molar-refractivity contribution in [3.63, 3.8) is 0 Å². The zero-order chi connectivity index (χ0) is 20.6. The van der Waals surface area contributed by atoms with Gasteiger partial charge in [0.2, 0.25) is 0 Å². The largest absolute Gasteiger partial charge is 0.312 e. The van der Waals surface area contributed by atoms with Gasteiger partial charge in [-0.3, -0.25) is 4.90 Å². The number of rotatable bonds is 9. The summed E-state index contributed by atoms with van der Waals surface area (Å²) in [6.07, 6.45) is 3.33. The Hall–Kier alpha value is -2.47. The Balaban J connectivity index is 1.13. The normalized spacial score (nSPS) is 15.5. The summed E-state index contributed by atoms with van der Waals surface area (Å²) in [6.45, 7) is 10.9. The maximum Gasteiger partial charge on any atom is 0.0645 e. The summed E-state index contributed by atoms with van der Waals surface area (Å²) in [5.74, 6) is 0. The molecular formula is C25H33N5. The Kier molecular flexibility index (Phi) is 7.29. The average molecular weight is 404 g/mol. The molecule has 2 heterocycles. The first-order valence-corrected chi connectivity index (χ1v) is 11.1. The smallest absolute Gasteiger partial charge is 0.0645 e. The molecule has 0 aliphatic carbocycles. The molecule has 0 amide bonds. The van der Waals surface area contributed by atoms with E-state index in [-0.39, 0.29) is 0 Å². The lowest BCUT2D eigenvalue weighted by Gasteiger charge is -2.34. The van der Waals surface area contributed by atoms with Crippen LogP contribution in [0.4, 0.5) is 0 Å². The van der Waals surface area contributed by atoms with Crippen molar-refractivity contribution >= 4 is 0 Å². The van der Waals surface area contributed by atoms with Gasteiger partial charge in [-0.25, -0.2) is 4.68 Å². The number of piperazine rings is 1. The minimum atomic E-state index is 0.878. The van der Waals surface area contributed by atoms with E-state index < -0.39 is 0 Å². The number of hydrogen-bond donors (Lipinski definition) is 1. The van der Waals surface area contributed by atoms with Gasteiger partial charge in [0.15, 0.2) is 0 Å². The van der Waals surface area contributed by atoms with E-state index in [1.165, 1.54) is 50.3 Å². The fraction of sp³-hybridized carbons (Fsp3) is 0.400. The number of hydrogen-bond acceptors (Lipinski definition) is 4. The summed E-state index contributed by atoms with van der Waals surface area (Å²) < 4.78 is 1.97. The third-order valence-corrected chi connectivity index (χ3v) is 5.88. The maximum absolute atomic E-state index is 4.65. The van der Waals surface area contributed by atoms with Crippen LogP contribution >= 0.6 is 0 Å². The Bertz CT molecular complexity index is 882. The Morgan fingerprint density at radius 2 is 1.53 bits per heavy atom. The molecule has 158 valence electrons. The molecule has 0 spiro atoms. The van der Waals surface area contributed by atoms with Gasteiger partial charge in [-0.15, -0.1) is 0 Å². The van der Waals surface area contributed by atoms with Crippen LogP contribution in [0.3, 0.4) is 0 Å². The number of para-hydroxylation sites is 1. The summed E-state index contributed by atoms with van der Waals surface area (Å²) in [7, 11) is 0. The van der Waals surface area contributed by atoms with Gasteiger partial charge in [-0.2, -0.15) is 5.10 Å². The Morgan fingerprint density at radius 1 is 0.867 bits per heavy atom. The van der Waals surface area contributed by atoms with Gasteiger partial charge >= 0.3 is 0 Å². The summed E-state index contributed by atoms with van der Waals surface area (Å²) in [5, 5.41) is 8.25. The highest BCUT2D eigenvalue weighted by Crippen LogP contribution is 2.12. The highest BCUT2D eigenvalue weighted by atomic mass is 15.3. The van der Waals surface area contributed by atoms with Gasteiger partial charge in [0.1, 0.15) is 0 Å². The van der Waals surface area contributed by atoms with E-state index in [4.69, 9.17) is 0 Å². The lowest BCUT2D eigenvalue weighted by molar-refractivity contribution is 0.126. The van der Waals surface area contributed by atoms with E-state index in [1.807, 2.05) is 22.9 Å². The first-order chi connectivity index (χ1) is 14.8. The first-order valence-electron chi connectivity index (χ1n) is 11.1. The summed E-state index contributed by atoms with van der Waals surface area (Å²) >= 11 is 0. The molecule has 1 saturated heterocycles. The molecule has 30 heavy (non-hydrogen) atoms. The number of aryl methyl sites for hydroxylation is 1. The third kappa shape index (κ3) is 5.79. The predicted octanol–water partition coefficient (Wildman–Crippen LogP) is 3.48. The molecule has 1 aliphatic heterocycles. The highest BCUT2D eigenvalue weighted by molar-refractivity contribution is 5.32. The molecule has 0 atom stereocenters. The van der Waals surface area contributed by atoms with Gasteiger partial charge in [-0.1, -0.05) is 48.5 Å². The minimum absolute atomic E-state index is 0.878. The van der Waals surface area contributed by atoms with E-state index >= 15 is 0 Å². The van der Waals surface area contributed by atoms with Crippen molar-refractivity contribution in [2.75, 3.05) is 39.3 Å². The van der Waals surface area contributed by atoms with Crippen molar-refractivity contribution in [3.8, 4) is 5.69 Å². The van der Waals surface area contributed by atoms with E-state index in [0.29, 0.717) is 0 Å². The molecule has 1 fully saturated rings. The fourth-order valence-electron chi connectivity index (χ4n) is 4.05. The predicted molar refractivity (Wildman–Crippen MR) is 123 cm³/mol. The lowest BCUT2D eigenvalue weighted by Crippen LogP contribution is -2.46. The Morgan fingerprint density at radius 3 is 2.27 bits per heavy atom. The van der Waals surface area contributed by atoms with Crippen LogP contribution in [0.5, 0.6) is 0 Å². The van der Waals surface area contributed by atoms with Crippen molar-refractivity contribution in [2.24, 2.45) is 0 Å². The Labute approximate surface area is 180 Å². The molecule has 3 aromatic rings. The van der Waals surface area contributed by atoms with Crippen molar-refractivity contribution in [3.05, 3.63) is 83.7 Å². The molecule has 0 unspecified atom stereocenters. The van der Waals surface area contributed by atoms with Crippen LogP contribution in [0, 0.1) is 6.92 Å². The monoisotopic (exact) mass is 403 g/mol. The van der Waals surface area contributed by atoms with Crippen molar-refractivity contribution in [2.45, 2.75) is 26.4 Å². The molecule has 5 heteroatoms. The van der Waals surface area contributed by atoms with Gasteiger partial charge in [0.25, 0.3) is 0 Å². The van der Waals surface area contributed by atoms with Crippen molar-refractivity contribution < 1.29 is 0 Å². The first kappa shape index (κ1) is 20.8. The van der Waals surface area contributed by atoms with E-state index in [2.05, 4.69) is 75.8 Å². The average Bonchev–Trinajstić information content (AvgIpc) is 3.16. The summed E-state index contributed by atoms with van der Waals surface area (Å²) in [5.41, 5.74) is 4.90. The van der Waals surface area contributed by atoms with Crippen LogP contribution in [-0.4, -0.2) is 58.8 Å².